The standard InChI is InChI=1S/C17H16N2S2/c1-2-6-12(7-3-1)17-18-15(13-8-4-10-20-13)16(19-17)14-9-5-11-21-14/h1-2,4-5,8-12H,3,6-7H2,(H,18,19). The average molecular weight is 312 g/mol. The van der Waals surface area contributed by atoms with Gasteiger partial charge in [0.25, 0.3) is 0 Å². The zero-order chi connectivity index (χ0) is 14.1. The molecule has 1 unspecified atom stereocenters. The summed E-state index contributed by atoms with van der Waals surface area (Å²) in [5.74, 6) is 1.67. The van der Waals surface area contributed by atoms with E-state index in [9.17, 15) is 0 Å². The van der Waals surface area contributed by atoms with Gasteiger partial charge in [0, 0.05) is 5.92 Å². The summed E-state index contributed by atoms with van der Waals surface area (Å²) in [5, 5.41) is 4.24. The summed E-state index contributed by atoms with van der Waals surface area (Å²) < 4.78 is 0. The second-order valence-electron chi connectivity index (χ2n) is 5.28. The van der Waals surface area contributed by atoms with Crippen LogP contribution in [-0.4, -0.2) is 9.97 Å². The van der Waals surface area contributed by atoms with Crippen molar-refractivity contribution in [1.82, 2.24) is 9.97 Å². The molecule has 0 spiro atoms. The van der Waals surface area contributed by atoms with E-state index >= 15 is 0 Å². The van der Waals surface area contributed by atoms with Gasteiger partial charge in [-0.3, -0.25) is 0 Å². The molecule has 0 aromatic carbocycles. The predicted octanol–water partition coefficient (Wildman–Crippen LogP) is 5.69. The van der Waals surface area contributed by atoms with E-state index < -0.39 is 0 Å². The molecular formula is C17H16N2S2. The normalized spacial score (nSPS) is 18.2. The molecule has 0 radical (unpaired) electrons. The first-order chi connectivity index (χ1) is 10.4. The number of rotatable bonds is 3. The fourth-order valence-corrected chi connectivity index (χ4v) is 4.26. The number of thiophene rings is 2. The molecule has 1 N–H and O–H groups in total. The Kier molecular flexibility index (Phi) is 3.49. The van der Waals surface area contributed by atoms with Crippen molar-refractivity contribution in [3.05, 3.63) is 53.0 Å². The summed E-state index contributed by atoms with van der Waals surface area (Å²) in [7, 11) is 0. The number of aromatic nitrogens is 2. The molecule has 0 amide bonds. The van der Waals surface area contributed by atoms with Gasteiger partial charge in [0.15, 0.2) is 0 Å². The summed E-state index contributed by atoms with van der Waals surface area (Å²) in [6.07, 6.45) is 8.01. The van der Waals surface area contributed by atoms with E-state index in [4.69, 9.17) is 4.98 Å². The van der Waals surface area contributed by atoms with Crippen molar-refractivity contribution in [2.75, 3.05) is 0 Å². The highest BCUT2D eigenvalue weighted by molar-refractivity contribution is 7.14. The SMILES string of the molecule is C1=CCC(c2nc(-c3cccs3)c(-c3cccs3)[nH]2)CC1. The first-order valence-corrected chi connectivity index (χ1v) is 9.00. The third-order valence-corrected chi connectivity index (χ3v) is 5.66. The first kappa shape index (κ1) is 13.0. The molecule has 3 aromatic heterocycles. The van der Waals surface area contributed by atoms with Crippen LogP contribution in [-0.2, 0) is 0 Å². The fraction of sp³-hybridized carbons (Fsp3) is 0.235. The van der Waals surface area contributed by atoms with Crippen molar-refractivity contribution in [2.24, 2.45) is 0 Å². The van der Waals surface area contributed by atoms with E-state index in [1.54, 1.807) is 22.7 Å². The Hall–Kier alpha value is -1.65. The first-order valence-electron chi connectivity index (χ1n) is 7.24. The largest absolute Gasteiger partial charge is 0.341 e. The topological polar surface area (TPSA) is 28.7 Å². The third kappa shape index (κ3) is 2.49. The molecule has 0 fully saturated rings. The highest BCUT2D eigenvalue weighted by atomic mass is 32.1. The van der Waals surface area contributed by atoms with Gasteiger partial charge in [0.1, 0.15) is 11.5 Å². The molecule has 4 rings (SSSR count). The van der Waals surface area contributed by atoms with Gasteiger partial charge < -0.3 is 4.98 Å². The van der Waals surface area contributed by atoms with Crippen LogP contribution in [0.25, 0.3) is 21.1 Å². The predicted molar refractivity (Wildman–Crippen MR) is 90.9 cm³/mol. The molecule has 1 atom stereocenters. The summed E-state index contributed by atoms with van der Waals surface area (Å²) >= 11 is 3.52. The molecule has 2 nitrogen and oxygen atoms in total. The smallest absolute Gasteiger partial charge is 0.110 e. The average Bonchev–Trinajstić information content (AvgIpc) is 3.27. The van der Waals surface area contributed by atoms with Crippen LogP contribution in [0.5, 0.6) is 0 Å². The Morgan fingerprint density at radius 3 is 2.52 bits per heavy atom. The van der Waals surface area contributed by atoms with Crippen LogP contribution >= 0.6 is 22.7 Å². The molecule has 4 heteroatoms. The molecule has 106 valence electrons. The van der Waals surface area contributed by atoms with E-state index in [0.29, 0.717) is 5.92 Å². The van der Waals surface area contributed by atoms with E-state index in [0.717, 1.165) is 24.4 Å². The number of hydrogen-bond acceptors (Lipinski definition) is 3. The van der Waals surface area contributed by atoms with Gasteiger partial charge in [0.05, 0.1) is 15.4 Å². The lowest BCUT2D eigenvalue weighted by Crippen LogP contribution is -2.02. The van der Waals surface area contributed by atoms with Crippen molar-refractivity contribution < 1.29 is 0 Å². The molecule has 0 bridgehead atoms. The highest BCUT2D eigenvalue weighted by Crippen LogP contribution is 2.38. The zero-order valence-electron chi connectivity index (χ0n) is 11.6. The summed E-state index contributed by atoms with van der Waals surface area (Å²) in [6.45, 7) is 0. The summed E-state index contributed by atoms with van der Waals surface area (Å²) in [5.41, 5.74) is 2.29. The van der Waals surface area contributed by atoms with Gasteiger partial charge >= 0.3 is 0 Å². The maximum atomic E-state index is 4.96. The fourth-order valence-electron chi connectivity index (χ4n) is 2.82. The number of nitrogens with zero attached hydrogens (tertiary/aromatic N) is 1. The van der Waals surface area contributed by atoms with Crippen LogP contribution in [0, 0.1) is 0 Å². The van der Waals surface area contributed by atoms with E-state index in [1.165, 1.54) is 21.9 Å². The molecule has 0 saturated carbocycles. The lowest BCUT2D eigenvalue weighted by atomic mass is 9.94. The lowest BCUT2D eigenvalue weighted by Gasteiger charge is -2.14. The van der Waals surface area contributed by atoms with Crippen LogP contribution < -0.4 is 0 Å². The highest BCUT2D eigenvalue weighted by Gasteiger charge is 2.21. The van der Waals surface area contributed by atoms with Crippen LogP contribution in [0.2, 0.25) is 0 Å². The number of aromatic amines is 1. The number of nitrogens with one attached hydrogen (secondary N) is 1. The van der Waals surface area contributed by atoms with Crippen molar-refractivity contribution in [1.29, 1.82) is 0 Å². The minimum atomic E-state index is 0.530. The molecule has 3 aromatic rings. The van der Waals surface area contributed by atoms with Crippen molar-refractivity contribution in [2.45, 2.75) is 25.2 Å². The van der Waals surface area contributed by atoms with Crippen LogP contribution in [0.4, 0.5) is 0 Å². The van der Waals surface area contributed by atoms with Gasteiger partial charge in [-0.2, -0.15) is 0 Å². The van der Waals surface area contributed by atoms with Crippen LogP contribution in [0.15, 0.2) is 47.2 Å². The minimum Gasteiger partial charge on any atom is -0.341 e. The molecule has 21 heavy (non-hydrogen) atoms. The van der Waals surface area contributed by atoms with Gasteiger partial charge in [0.2, 0.25) is 0 Å². The molecule has 0 saturated heterocycles. The Balaban J connectivity index is 1.80. The molecule has 1 aliphatic rings. The van der Waals surface area contributed by atoms with Crippen molar-refractivity contribution in [3.63, 3.8) is 0 Å². The van der Waals surface area contributed by atoms with Gasteiger partial charge in [-0.1, -0.05) is 24.3 Å². The molecule has 1 aliphatic carbocycles. The number of H-pyrrole nitrogens is 1. The Labute approximate surface area is 132 Å². The molecule has 0 aliphatic heterocycles. The molecular weight excluding hydrogens is 296 g/mol. The summed E-state index contributed by atoms with van der Waals surface area (Å²) in [4.78, 5) is 11.1. The number of hydrogen-bond donors (Lipinski definition) is 1. The van der Waals surface area contributed by atoms with E-state index in [2.05, 4.69) is 52.2 Å². The van der Waals surface area contributed by atoms with E-state index in [1.807, 2.05) is 0 Å². The van der Waals surface area contributed by atoms with E-state index in [-0.39, 0.29) is 0 Å². The van der Waals surface area contributed by atoms with Crippen LogP contribution in [0.3, 0.4) is 0 Å². The zero-order valence-corrected chi connectivity index (χ0v) is 13.2. The minimum absolute atomic E-state index is 0.530. The second-order valence-corrected chi connectivity index (χ2v) is 7.18. The van der Waals surface area contributed by atoms with Crippen LogP contribution in [0.1, 0.15) is 31.0 Å². The second kappa shape index (κ2) is 5.62. The number of allylic oxidation sites excluding steroid dienone is 2. The summed E-state index contributed by atoms with van der Waals surface area (Å²) in [6, 6.07) is 8.51. The third-order valence-electron chi connectivity index (χ3n) is 3.90. The van der Waals surface area contributed by atoms with Crippen molar-refractivity contribution in [3.8, 4) is 21.1 Å². The van der Waals surface area contributed by atoms with Gasteiger partial charge in [-0.15, -0.1) is 22.7 Å². The van der Waals surface area contributed by atoms with Crippen molar-refractivity contribution >= 4 is 22.7 Å². The molecule has 3 heterocycles. The Bertz CT molecular complexity index is 684. The maximum Gasteiger partial charge on any atom is 0.110 e. The maximum absolute atomic E-state index is 4.96. The monoisotopic (exact) mass is 312 g/mol. The lowest BCUT2D eigenvalue weighted by molar-refractivity contribution is 0.589. The van der Waals surface area contributed by atoms with Gasteiger partial charge in [-0.05, 0) is 42.2 Å². The Morgan fingerprint density at radius 1 is 1.05 bits per heavy atom. The van der Waals surface area contributed by atoms with Gasteiger partial charge in [-0.25, -0.2) is 4.98 Å². The Morgan fingerprint density at radius 2 is 1.86 bits per heavy atom. The quantitative estimate of drug-likeness (QED) is 0.618. The number of imidazole rings is 1.